The summed E-state index contributed by atoms with van der Waals surface area (Å²) >= 11 is 0. The summed E-state index contributed by atoms with van der Waals surface area (Å²) in [6.45, 7) is 0.823. The van der Waals surface area contributed by atoms with Gasteiger partial charge in [-0.2, -0.15) is 4.98 Å². The van der Waals surface area contributed by atoms with Crippen LogP contribution >= 0.6 is 0 Å². The molecule has 8 heteroatoms. The predicted molar refractivity (Wildman–Crippen MR) is 97.7 cm³/mol. The lowest BCUT2D eigenvalue weighted by Gasteiger charge is -2.33. The van der Waals surface area contributed by atoms with Gasteiger partial charge in [-0.1, -0.05) is 5.16 Å². The molecule has 1 fully saturated rings. The Labute approximate surface area is 161 Å². The molecule has 1 saturated heterocycles. The number of aromatic nitrogens is 3. The summed E-state index contributed by atoms with van der Waals surface area (Å²) in [5, 5.41) is 4.09. The monoisotopic (exact) mass is 378 g/mol. The molecule has 0 aliphatic carbocycles. The van der Waals surface area contributed by atoms with Crippen LogP contribution < -0.4 is 9.47 Å². The van der Waals surface area contributed by atoms with Gasteiger partial charge in [-0.25, -0.2) is 0 Å². The zero-order valence-corrected chi connectivity index (χ0v) is 15.1. The second kappa shape index (κ2) is 6.95. The first-order valence-electron chi connectivity index (χ1n) is 9.24. The van der Waals surface area contributed by atoms with Crippen molar-refractivity contribution in [2.45, 2.75) is 25.3 Å². The first-order chi connectivity index (χ1) is 13.8. The molecule has 1 amide bonds. The average Bonchev–Trinajstić information content (AvgIpc) is 3.43. The van der Waals surface area contributed by atoms with Crippen LogP contribution in [0, 0.1) is 0 Å². The van der Waals surface area contributed by atoms with E-state index in [9.17, 15) is 4.79 Å². The lowest BCUT2D eigenvalue weighted by Crippen LogP contribution is -2.38. The molecule has 28 heavy (non-hydrogen) atoms. The third-order valence-corrected chi connectivity index (χ3v) is 5.05. The number of likely N-dealkylation sites (tertiary alicyclic amines) is 1. The van der Waals surface area contributed by atoms with Gasteiger partial charge in [-0.05, 0) is 49.6 Å². The molecule has 8 nitrogen and oxygen atoms in total. The first kappa shape index (κ1) is 16.7. The molecule has 4 heterocycles. The van der Waals surface area contributed by atoms with E-state index < -0.39 is 0 Å². The predicted octanol–water partition coefficient (Wildman–Crippen LogP) is 3.23. The summed E-state index contributed by atoms with van der Waals surface area (Å²) in [6.07, 6.45) is 6.10. The third kappa shape index (κ3) is 2.96. The van der Waals surface area contributed by atoms with Crippen molar-refractivity contribution in [3.05, 3.63) is 54.2 Å². The van der Waals surface area contributed by atoms with E-state index in [-0.39, 0.29) is 18.7 Å². The number of nitrogens with zero attached hydrogens (tertiary/aromatic N) is 4. The minimum atomic E-state index is -0.241. The van der Waals surface area contributed by atoms with Crippen LogP contribution in [0.1, 0.15) is 41.6 Å². The Balaban J connectivity index is 1.42. The van der Waals surface area contributed by atoms with Crippen molar-refractivity contribution in [3.8, 4) is 22.9 Å². The number of piperidine rings is 1. The number of carbonyl (C=O) groups excluding carboxylic acids is 1. The summed E-state index contributed by atoms with van der Waals surface area (Å²) < 4.78 is 16.3. The van der Waals surface area contributed by atoms with Gasteiger partial charge < -0.3 is 18.9 Å². The fourth-order valence-electron chi connectivity index (χ4n) is 3.62. The molecule has 0 bridgehead atoms. The van der Waals surface area contributed by atoms with Crippen molar-refractivity contribution in [2.24, 2.45) is 0 Å². The molecule has 0 unspecified atom stereocenters. The molecule has 142 valence electrons. The molecule has 0 spiro atoms. The molecular weight excluding hydrogens is 360 g/mol. The summed E-state index contributed by atoms with van der Waals surface area (Å²) in [6, 6.07) is 8.66. The van der Waals surface area contributed by atoms with Crippen molar-refractivity contribution >= 4 is 5.91 Å². The zero-order valence-electron chi connectivity index (χ0n) is 15.1. The lowest BCUT2D eigenvalue weighted by atomic mass is 10.0. The Morgan fingerprint density at radius 1 is 1.07 bits per heavy atom. The van der Waals surface area contributed by atoms with Crippen LogP contribution in [0.4, 0.5) is 0 Å². The second-order valence-electron chi connectivity index (χ2n) is 6.77. The summed E-state index contributed by atoms with van der Waals surface area (Å²) in [4.78, 5) is 23.5. The van der Waals surface area contributed by atoms with E-state index in [4.69, 9.17) is 14.0 Å². The number of amides is 1. The number of fused-ring (bicyclic) bond motifs is 1. The quantitative estimate of drug-likeness (QED) is 0.691. The van der Waals surface area contributed by atoms with Crippen LogP contribution in [-0.2, 0) is 0 Å². The van der Waals surface area contributed by atoms with E-state index in [1.165, 1.54) is 0 Å². The van der Waals surface area contributed by atoms with E-state index in [0.29, 0.717) is 35.3 Å². The molecule has 2 aromatic heterocycles. The van der Waals surface area contributed by atoms with Crippen LogP contribution in [0.25, 0.3) is 11.4 Å². The summed E-state index contributed by atoms with van der Waals surface area (Å²) in [7, 11) is 0. The molecule has 2 aliphatic heterocycles. The summed E-state index contributed by atoms with van der Waals surface area (Å²) in [5.41, 5.74) is 1.39. The van der Waals surface area contributed by atoms with E-state index in [0.717, 1.165) is 24.8 Å². The van der Waals surface area contributed by atoms with Gasteiger partial charge in [-0.15, -0.1) is 0 Å². The highest BCUT2D eigenvalue weighted by atomic mass is 16.7. The first-order valence-corrected chi connectivity index (χ1v) is 9.24. The Hall–Kier alpha value is -3.42. The molecule has 0 saturated carbocycles. The topological polar surface area (TPSA) is 90.6 Å². The van der Waals surface area contributed by atoms with Gasteiger partial charge in [0, 0.05) is 30.1 Å². The highest BCUT2D eigenvalue weighted by Crippen LogP contribution is 2.36. The smallest absolute Gasteiger partial charge is 0.254 e. The van der Waals surface area contributed by atoms with Crippen molar-refractivity contribution in [3.63, 3.8) is 0 Å². The summed E-state index contributed by atoms with van der Waals surface area (Å²) in [5.74, 6) is 2.13. The minimum Gasteiger partial charge on any atom is -0.454 e. The van der Waals surface area contributed by atoms with E-state index in [1.807, 2.05) is 17.0 Å². The van der Waals surface area contributed by atoms with Crippen LogP contribution in [0.3, 0.4) is 0 Å². The number of benzene rings is 1. The molecule has 1 aromatic carbocycles. The SMILES string of the molecule is O=C(c1ccc2c(c1)OCO2)N1CCCC[C@@H]1c1nc(-c2ccncc2)no1. The van der Waals surface area contributed by atoms with Gasteiger partial charge in [-0.3, -0.25) is 9.78 Å². The normalized spacial score (nSPS) is 18.3. The number of carbonyl (C=O) groups is 1. The Kier molecular flexibility index (Phi) is 4.16. The van der Waals surface area contributed by atoms with E-state index in [2.05, 4.69) is 15.1 Å². The molecule has 0 N–H and O–H groups in total. The van der Waals surface area contributed by atoms with E-state index >= 15 is 0 Å². The molecular formula is C20H18N4O4. The van der Waals surface area contributed by atoms with Crippen LogP contribution in [0.2, 0.25) is 0 Å². The molecule has 5 rings (SSSR count). The number of hydrogen-bond acceptors (Lipinski definition) is 7. The lowest BCUT2D eigenvalue weighted by molar-refractivity contribution is 0.0561. The van der Waals surface area contributed by atoms with Gasteiger partial charge >= 0.3 is 0 Å². The zero-order chi connectivity index (χ0) is 18.9. The fraction of sp³-hybridized carbons (Fsp3) is 0.300. The van der Waals surface area contributed by atoms with Crippen molar-refractivity contribution in [1.82, 2.24) is 20.0 Å². The third-order valence-electron chi connectivity index (χ3n) is 5.05. The van der Waals surface area contributed by atoms with Crippen molar-refractivity contribution in [1.29, 1.82) is 0 Å². The number of ether oxygens (including phenoxy) is 2. The van der Waals surface area contributed by atoms with Gasteiger partial charge in [0.2, 0.25) is 18.5 Å². The highest BCUT2D eigenvalue weighted by molar-refractivity contribution is 5.95. The van der Waals surface area contributed by atoms with Gasteiger partial charge in [0.15, 0.2) is 11.5 Å². The molecule has 3 aromatic rings. The molecule has 2 aliphatic rings. The fourth-order valence-corrected chi connectivity index (χ4v) is 3.62. The van der Waals surface area contributed by atoms with Crippen molar-refractivity contribution < 1.29 is 18.8 Å². The van der Waals surface area contributed by atoms with Crippen LogP contribution in [0.5, 0.6) is 11.5 Å². The molecule has 0 radical (unpaired) electrons. The second-order valence-corrected chi connectivity index (χ2v) is 6.77. The number of hydrogen-bond donors (Lipinski definition) is 0. The average molecular weight is 378 g/mol. The molecule has 1 atom stereocenters. The largest absolute Gasteiger partial charge is 0.454 e. The minimum absolute atomic E-state index is 0.0772. The maximum Gasteiger partial charge on any atom is 0.254 e. The Bertz CT molecular complexity index is 1000. The number of pyridine rings is 1. The standard InChI is InChI=1S/C20H18N4O4/c25-20(14-4-5-16-17(11-14)27-12-26-16)24-10-2-1-3-15(24)19-22-18(23-28-19)13-6-8-21-9-7-13/h4-9,11,15H,1-3,10,12H2/t15-/m1/s1. The Morgan fingerprint density at radius 2 is 1.93 bits per heavy atom. The Morgan fingerprint density at radius 3 is 2.82 bits per heavy atom. The van der Waals surface area contributed by atoms with Crippen molar-refractivity contribution in [2.75, 3.05) is 13.3 Å². The highest BCUT2D eigenvalue weighted by Gasteiger charge is 2.33. The van der Waals surface area contributed by atoms with Gasteiger partial charge in [0.05, 0.1) is 0 Å². The maximum atomic E-state index is 13.2. The van der Waals surface area contributed by atoms with Crippen LogP contribution in [0.15, 0.2) is 47.2 Å². The van der Waals surface area contributed by atoms with E-state index in [1.54, 1.807) is 30.6 Å². The van der Waals surface area contributed by atoms with Gasteiger partial charge in [0.25, 0.3) is 5.91 Å². The van der Waals surface area contributed by atoms with Crippen LogP contribution in [-0.4, -0.2) is 39.3 Å². The number of rotatable bonds is 3. The maximum absolute atomic E-state index is 13.2. The van der Waals surface area contributed by atoms with Gasteiger partial charge in [0.1, 0.15) is 6.04 Å².